The topological polar surface area (TPSA) is 44.8 Å². The third kappa shape index (κ3) is 2.21. The molecule has 0 aromatic rings. The van der Waals surface area contributed by atoms with Gasteiger partial charge in [0.1, 0.15) is 0 Å². The summed E-state index contributed by atoms with van der Waals surface area (Å²) in [7, 11) is 0. The van der Waals surface area contributed by atoms with E-state index in [0.717, 1.165) is 0 Å². The van der Waals surface area contributed by atoms with Crippen LogP contribution in [0.4, 0.5) is 4.79 Å². The van der Waals surface area contributed by atoms with Gasteiger partial charge in [-0.2, -0.15) is 0 Å². The van der Waals surface area contributed by atoms with E-state index in [1.54, 1.807) is 13.8 Å². The molecule has 0 aromatic heterocycles. The van der Waals surface area contributed by atoms with Gasteiger partial charge in [0.15, 0.2) is 6.10 Å². The van der Waals surface area contributed by atoms with Crippen LogP contribution in [-0.2, 0) is 14.2 Å². The third-order valence-electron chi connectivity index (χ3n) is 2.00. The van der Waals surface area contributed by atoms with Crippen LogP contribution in [0.3, 0.4) is 0 Å². The average Bonchev–Trinajstić information content (AvgIpc) is 2.27. The summed E-state index contributed by atoms with van der Waals surface area (Å²) in [6, 6.07) is 0. The number of carbonyl (C=O) groups is 1. The first-order valence-electron chi connectivity index (χ1n) is 4.23. The lowest BCUT2D eigenvalue weighted by Crippen LogP contribution is -2.37. The number of carbonyl (C=O) groups excluding carboxylic acids is 1. The summed E-state index contributed by atoms with van der Waals surface area (Å²) < 4.78 is 15.0. The standard InChI is InChI=1S/C9H14O4/c1-4-5-6-11-9(3)7(2)12-8(10)13-9/h4-5,7H,6H2,1-3H3/b5-4+. The van der Waals surface area contributed by atoms with Crippen LogP contribution in [0.25, 0.3) is 0 Å². The van der Waals surface area contributed by atoms with Crippen molar-refractivity contribution >= 4 is 6.16 Å². The Bertz CT molecular complexity index is 224. The molecule has 1 saturated heterocycles. The summed E-state index contributed by atoms with van der Waals surface area (Å²) in [4.78, 5) is 10.8. The van der Waals surface area contributed by atoms with E-state index in [4.69, 9.17) is 14.2 Å². The highest BCUT2D eigenvalue weighted by Gasteiger charge is 2.46. The maximum absolute atomic E-state index is 10.8. The third-order valence-corrected chi connectivity index (χ3v) is 2.00. The molecule has 0 aliphatic carbocycles. The van der Waals surface area contributed by atoms with E-state index in [0.29, 0.717) is 6.61 Å². The minimum atomic E-state index is -0.948. The summed E-state index contributed by atoms with van der Waals surface area (Å²) in [6.45, 7) is 5.73. The molecular weight excluding hydrogens is 172 g/mol. The van der Waals surface area contributed by atoms with Gasteiger partial charge in [-0.05, 0) is 13.8 Å². The Balaban J connectivity index is 2.50. The lowest BCUT2D eigenvalue weighted by molar-refractivity contribution is -0.178. The van der Waals surface area contributed by atoms with Crippen LogP contribution in [0.5, 0.6) is 0 Å². The molecule has 1 heterocycles. The van der Waals surface area contributed by atoms with Crippen molar-refractivity contribution in [3.63, 3.8) is 0 Å². The highest BCUT2D eigenvalue weighted by molar-refractivity contribution is 5.62. The van der Waals surface area contributed by atoms with Gasteiger partial charge in [0, 0.05) is 6.92 Å². The van der Waals surface area contributed by atoms with Crippen molar-refractivity contribution in [3.8, 4) is 0 Å². The number of hydrogen-bond donors (Lipinski definition) is 0. The fourth-order valence-corrected chi connectivity index (χ4v) is 0.981. The van der Waals surface area contributed by atoms with Crippen LogP contribution in [0.1, 0.15) is 20.8 Å². The van der Waals surface area contributed by atoms with Gasteiger partial charge in [0.2, 0.25) is 0 Å². The largest absolute Gasteiger partial charge is 0.511 e. The number of ether oxygens (including phenoxy) is 3. The fourth-order valence-electron chi connectivity index (χ4n) is 0.981. The lowest BCUT2D eigenvalue weighted by atomic mass is 10.2. The molecule has 0 N–H and O–H groups in total. The molecule has 0 radical (unpaired) electrons. The molecular formula is C9H14O4. The van der Waals surface area contributed by atoms with Gasteiger partial charge in [-0.25, -0.2) is 4.79 Å². The quantitative estimate of drug-likeness (QED) is 0.498. The Kier molecular flexibility index (Phi) is 2.93. The molecule has 0 amide bonds. The SMILES string of the molecule is C/C=C/COC1(C)OC(=O)OC1C. The molecule has 1 fully saturated rings. The van der Waals surface area contributed by atoms with E-state index in [1.807, 2.05) is 19.1 Å². The van der Waals surface area contributed by atoms with Crippen molar-refractivity contribution < 1.29 is 19.0 Å². The molecule has 74 valence electrons. The highest BCUT2D eigenvalue weighted by atomic mass is 16.8. The minimum Gasteiger partial charge on any atom is -0.424 e. The Morgan fingerprint density at radius 2 is 2.38 bits per heavy atom. The second kappa shape index (κ2) is 3.79. The second-order valence-corrected chi connectivity index (χ2v) is 3.01. The van der Waals surface area contributed by atoms with Crippen molar-refractivity contribution in [1.29, 1.82) is 0 Å². The zero-order chi connectivity index (χ0) is 9.90. The molecule has 4 heteroatoms. The predicted molar refractivity (Wildman–Crippen MR) is 46.2 cm³/mol. The number of cyclic esters (lactones) is 2. The summed E-state index contributed by atoms with van der Waals surface area (Å²) in [6.07, 6.45) is 2.66. The van der Waals surface area contributed by atoms with E-state index in [1.165, 1.54) is 0 Å². The molecule has 2 unspecified atom stereocenters. The molecule has 1 aliphatic heterocycles. The predicted octanol–water partition coefficient (Wildman–Crippen LogP) is 1.85. The van der Waals surface area contributed by atoms with Crippen LogP contribution >= 0.6 is 0 Å². The normalized spacial score (nSPS) is 33.5. The van der Waals surface area contributed by atoms with Crippen molar-refractivity contribution in [3.05, 3.63) is 12.2 Å². The second-order valence-electron chi connectivity index (χ2n) is 3.01. The van der Waals surface area contributed by atoms with E-state index < -0.39 is 11.9 Å². The fraction of sp³-hybridized carbons (Fsp3) is 0.667. The molecule has 13 heavy (non-hydrogen) atoms. The zero-order valence-corrected chi connectivity index (χ0v) is 8.07. The molecule has 0 spiro atoms. The number of rotatable bonds is 3. The van der Waals surface area contributed by atoms with Gasteiger partial charge in [0.05, 0.1) is 6.61 Å². The maximum Gasteiger partial charge on any atom is 0.511 e. The monoisotopic (exact) mass is 186 g/mol. The Hall–Kier alpha value is -1.03. The molecule has 1 aliphatic rings. The van der Waals surface area contributed by atoms with Crippen LogP contribution in [0.15, 0.2) is 12.2 Å². The Morgan fingerprint density at radius 1 is 1.69 bits per heavy atom. The smallest absolute Gasteiger partial charge is 0.424 e. The lowest BCUT2D eigenvalue weighted by Gasteiger charge is -2.23. The van der Waals surface area contributed by atoms with Gasteiger partial charge in [-0.3, -0.25) is 0 Å². The number of hydrogen-bond acceptors (Lipinski definition) is 4. The van der Waals surface area contributed by atoms with Crippen molar-refractivity contribution in [2.45, 2.75) is 32.7 Å². The summed E-state index contributed by atoms with van der Waals surface area (Å²) in [5.74, 6) is -0.948. The van der Waals surface area contributed by atoms with Crippen molar-refractivity contribution in [2.75, 3.05) is 6.61 Å². The first-order chi connectivity index (χ1) is 6.08. The van der Waals surface area contributed by atoms with Gasteiger partial charge < -0.3 is 14.2 Å². The van der Waals surface area contributed by atoms with Crippen molar-refractivity contribution in [1.82, 2.24) is 0 Å². The van der Waals surface area contributed by atoms with Crippen molar-refractivity contribution in [2.24, 2.45) is 0 Å². The van der Waals surface area contributed by atoms with E-state index in [9.17, 15) is 4.79 Å². The van der Waals surface area contributed by atoms with Gasteiger partial charge in [-0.15, -0.1) is 0 Å². The summed E-state index contributed by atoms with van der Waals surface area (Å²) in [5, 5.41) is 0. The van der Waals surface area contributed by atoms with Crippen LogP contribution < -0.4 is 0 Å². The Morgan fingerprint density at radius 3 is 2.85 bits per heavy atom. The molecule has 0 saturated carbocycles. The van der Waals surface area contributed by atoms with Gasteiger partial charge in [0.25, 0.3) is 5.79 Å². The average molecular weight is 186 g/mol. The van der Waals surface area contributed by atoms with Crippen LogP contribution in [0, 0.1) is 0 Å². The molecule has 0 aromatic carbocycles. The molecule has 1 rings (SSSR count). The van der Waals surface area contributed by atoms with Gasteiger partial charge in [-0.1, -0.05) is 12.2 Å². The maximum atomic E-state index is 10.8. The first-order valence-corrected chi connectivity index (χ1v) is 4.23. The summed E-state index contributed by atoms with van der Waals surface area (Å²) in [5.41, 5.74) is 0. The van der Waals surface area contributed by atoms with E-state index in [2.05, 4.69) is 0 Å². The molecule has 2 atom stereocenters. The summed E-state index contributed by atoms with van der Waals surface area (Å²) >= 11 is 0. The highest BCUT2D eigenvalue weighted by Crippen LogP contribution is 2.27. The van der Waals surface area contributed by atoms with E-state index in [-0.39, 0.29) is 6.10 Å². The minimum absolute atomic E-state index is 0.370. The number of allylic oxidation sites excluding steroid dienone is 1. The van der Waals surface area contributed by atoms with E-state index >= 15 is 0 Å². The zero-order valence-electron chi connectivity index (χ0n) is 8.07. The van der Waals surface area contributed by atoms with Crippen LogP contribution in [0.2, 0.25) is 0 Å². The van der Waals surface area contributed by atoms with Crippen LogP contribution in [-0.4, -0.2) is 24.7 Å². The Labute approximate surface area is 77.5 Å². The van der Waals surface area contributed by atoms with Gasteiger partial charge >= 0.3 is 6.16 Å². The first kappa shape index (κ1) is 10.1. The molecule has 0 bridgehead atoms. The molecule has 4 nitrogen and oxygen atoms in total.